The fourth-order valence-electron chi connectivity index (χ4n) is 3.90. The molecule has 4 rings (SSSR count). The standard InChI is InChI=1S/C30H30N2/c1-24(27-14-18-29(19-15-27)31(2)22-25-10-6-4-7-11-25)28-16-20-30(21-17-28)32(3)23-26-12-8-5-9-13-26/h4-21H,1,22-23H2,2-3H3. The minimum absolute atomic E-state index is 0.888. The summed E-state index contributed by atoms with van der Waals surface area (Å²) in [4.78, 5) is 4.53. The van der Waals surface area contributed by atoms with Crippen molar-refractivity contribution < 1.29 is 0 Å². The number of nitrogens with zero attached hydrogens (tertiary/aromatic N) is 2. The summed E-state index contributed by atoms with van der Waals surface area (Å²) in [5.74, 6) is 0. The average molecular weight is 419 g/mol. The van der Waals surface area contributed by atoms with E-state index in [1.807, 2.05) is 0 Å². The largest absolute Gasteiger partial charge is 0.370 e. The van der Waals surface area contributed by atoms with Crippen molar-refractivity contribution in [1.82, 2.24) is 0 Å². The van der Waals surface area contributed by atoms with Crippen molar-refractivity contribution in [3.63, 3.8) is 0 Å². The van der Waals surface area contributed by atoms with Crippen LogP contribution < -0.4 is 9.80 Å². The van der Waals surface area contributed by atoms with E-state index in [1.165, 1.54) is 22.5 Å². The van der Waals surface area contributed by atoms with Crippen molar-refractivity contribution in [3.05, 3.63) is 138 Å². The summed E-state index contributed by atoms with van der Waals surface area (Å²) in [5, 5.41) is 0. The third-order valence-electron chi connectivity index (χ3n) is 5.84. The fourth-order valence-corrected chi connectivity index (χ4v) is 3.90. The molecule has 0 aliphatic carbocycles. The first-order valence-electron chi connectivity index (χ1n) is 11.0. The number of rotatable bonds is 8. The van der Waals surface area contributed by atoms with Crippen LogP contribution >= 0.6 is 0 Å². The molecule has 0 aromatic heterocycles. The highest BCUT2D eigenvalue weighted by molar-refractivity contribution is 5.79. The number of benzene rings is 4. The van der Waals surface area contributed by atoms with Gasteiger partial charge in [-0.25, -0.2) is 0 Å². The molecule has 32 heavy (non-hydrogen) atoms. The molecule has 0 saturated heterocycles. The Labute approximate surface area is 192 Å². The highest BCUT2D eigenvalue weighted by Gasteiger charge is 2.07. The van der Waals surface area contributed by atoms with Gasteiger partial charge in [0.15, 0.2) is 0 Å². The Balaban J connectivity index is 1.40. The van der Waals surface area contributed by atoms with E-state index in [0.717, 1.165) is 29.8 Å². The Morgan fingerprint density at radius 3 is 1.22 bits per heavy atom. The molecule has 0 saturated carbocycles. The zero-order chi connectivity index (χ0) is 22.3. The zero-order valence-corrected chi connectivity index (χ0v) is 18.9. The van der Waals surface area contributed by atoms with Gasteiger partial charge in [0.05, 0.1) is 0 Å². The van der Waals surface area contributed by atoms with Crippen molar-refractivity contribution >= 4 is 16.9 Å². The summed E-state index contributed by atoms with van der Waals surface area (Å²) < 4.78 is 0. The van der Waals surface area contributed by atoms with Crippen LogP contribution in [0.2, 0.25) is 0 Å². The SMILES string of the molecule is C=C(c1ccc(N(C)Cc2ccccc2)cc1)c1ccc(N(C)Cc2ccccc2)cc1. The maximum absolute atomic E-state index is 4.35. The zero-order valence-electron chi connectivity index (χ0n) is 18.9. The Bertz CT molecular complexity index is 1040. The van der Waals surface area contributed by atoms with E-state index in [2.05, 4.69) is 140 Å². The number of hydrogen-bond donors (Lipinski definition) is 0. The van der Waals surface area contributed by atoms with E-state index in [-0.39, 0.29) is 0 Å². The molecule has 0 fully saturated rings. The van der Waals surface area contributed by atoms with E-state index in [9.17, 15) is 0 Å². The molecule has 0 bridgehead atoms. The summed E-state index contributed by atoms with van der Waals surface area (Å²) in [5.41, 5.74) is 8.34. The van der Waals surface area contributed by atoms with Gasteiger partial charge in [-0.15, -0.1) is 0 Å². The van der Waals surface area contributed by atoms with Gasteiger partial charge in [0.2, 0.25) is 0 Å². The highest BCUT2D eigenvalue weighted by atomic mass is 15.1. The van der Waals surface area contributed by atoms with Gasteiger partial charge in [0, 0.05) is 38.6 Å². The lowest BCUT2D eigenvalue weighted by Crippen LogP contribution is -2.16. The van der Waals surface area contributed by atoms with E-state index in [1.54, 1.807) is 0 Å². The van der Waals surface area contributed by atoms with Crippen molar-refractivity contribution in [1.29, 1.82) is 0 Å². The smallest absolute Gasteiger partial charge is 0.0426 e. The molecule has 2 heteroatoms. The summed E-state index contributed by atoms with van der Waals surface area (Å²) in [6.45, 7) is 6.13. The van der Waals surface area contributed by atoms with Crippen molar-refractivity contribution in [2.75, 3.05) is 23.9 Å². The van der Waals surface area contributed by atoms with Gasteiger partial charge in [-0.05, 0) is 52.1 Å². The fraction of sp³-hybridized carbons (Fsp3) is 0.133. The maximum atomic E-state index is 4.35. The van der Waals surface area contributed by atoms with Crippen LogP contribution in [0.1, 0.15) is 22.3 Å². The van der Waals surface area contributed by atoms with Crippen LogP contribution in [0.4, 0.5) is 11.4 Å². The van der Waals surface area contributed by atoms with E-state index in [0.29, 0.717) is 0 Å². The summed E-state index contributed by atoms with van der Waals surface area (Å²) in [6.07, 6.45) is 0. The molecule has 4 aromatic carbocycles. The molecule has 0 atom stereocenters. The van der Waals surface area contributed by atoms with Crippen LogP contribution in [0.25, 0.3) is 5.57 Å². The second-order valence-electron chi connectivity index (χ2n) is 8.26. The molecule has 0 radical (unpaired) electrons. The van der Waals surface area contributed by atoms with Gasteiger partial charge in [-0.2, -0.15) is 0 Å². The molecule has 160 valence electrons. The average Bonchev–Trinajstić information content (AvgIpc) is 2.85. The molecule has 0 aliphatic rings. The molecule has 0 unspecified atom stereocenters. The summed E-state index contributed by atoms with van der Waals surface area (Å²) in [7, 11) is 4.25. The van der Waals surface area contributed by atoms with Crippen LogP contribution in [-0.4, -0.2) is 14.1 Å². The third kappa shape index (κ3) is 5.28. The lowest BCUT2D eigenvalue weighted by molar-refractivity contribution is 0.923. The molecular formula is C30H30N2. The molecule has 2 nitrogen and oxygen atoms in total. The topological polar surface area (TPSA) is 6.48 Å². The number of anilines is 2. The van der Waals surface area contributed by atoms with Crippen LogP contribution in [0.15, 0.2) is 116 Å². The van der Waals surface area contributed by atoms with Gasteiger partial charge >= 0.3 is 0 Å². The predicted octanol–water partition coefficient (Wildman–Crippen LogP) is 7.02. The van der Waals surface area contributed by atoms with Crippen molar-refractivity contribution in [2.45, 2.75) is 13.1 Å². The quantitative estimate of drug-likeness (QED) is 0.303. The monoisotopic (exact) mass is 418 g/mol. The van der Waals surface area contributed by atoms with Gasteiger partial charge in [0.1, 0.15) is 0 Å². The van der Waals surface area contributed by atoms with Crippen LogP contribution in [0.3, 0.4) is 0 Å². The first-order valence-corrected chi connectivity index (χ1v) is 11.0. The van der Waals surface area contributed by atoms with Gasteiger partial charge in [-0.1, -0.05) is 91.5 Å². The number of hydrogen-bond acceptors (Lipinski definition) is 2. The molecule has 0 spiro atoms. The lowest BCUT2D eigenvalue weighted by atomic mass is 9.99. The molecule has 0 heterocycles. The van der Waals surface area contributed by atoms with Crippen molar-refractivity contribution in [2.24, 2.45) is 0 Å². The Morgan fingerprint density at radius 1 is 0.531 bits per heavy atom. The van der Waals surface area contributed by atoms with E-state index in [4.69, 9.17) is 0 Å². The maximum Gasteiger partial charge on any atom is 0.0426 e. The predicted molar refractivity (Wildman–Crippen MR) is 138 cm³/mol. The first-order chi connectivity index (χ1) is 15.6. The molecule has 0 aliphatic heterocycles. The summed E-state index contributed by atoms with van der Waals surface area (Å²) >= 11 is 0. The minimum atomic E-state index is 0.888. The summed E-state index contributed by atoms with van der Waals surface area (Å²) in [6, 6.07) is 38.4. The van der Waals surface area contributed by atoms with E-state index >= 15 is 0 Å². The third-order valence-corrected chi connectivity index (χ3v) is 5.84. The second-order valence-corrected chi connectivity index (χ2v) is 8.26. The van der Waals surface area contributed by atoms with Gasteiger partial charge < -0.3 is 9.80 Å². The van der Waals surface area contributed by atoms with Crippen LogP contribution in [-0.2, 0) is 13.1 Å². The van der Waals surface area contributed by atoms with Gasteiger partial charge in [-0.3, -0.25) is 0 Å². The normalized spacial score (nSPS) is 10.6. The molecule has 4 aromatic rings. The highest BCUT2D eigenvalue weighted by Crippen LogP contribution is 2.26. The molecular weight excluding hydrogens is 388 g/mol. The Kier molecular flexibility index (Phi) is 6.72. The van der Waals surface area contributed by atoms with Crippen LogP contribution in [0, 0.1) is 0 Å². The van der Waals surface area contributed by atoms with Gasteiger partial charge in [0.25, 0.3) is 0 Å². The van der Waals surface area contributed by atoms with Crippen LogP contribution in [0.5, 0.6) is 0 Å². The molecule has 0 N–H and O–H groups in total. The van der Waals surface area contributed by atoms with E-state index < -0.39 is 0 Å². The minimum Gasteiger partial charge on any atom is -0.370 e. The lowest BCUT2D eigenvalue weighted by Gasteiger charge is -2.21. The Morgan fingerprint density at radius 2 is 0.875 bits per heavy atom. The Hall–Kier alpha value is -3.78. The molecule has 0 amide bonds. The first kappa shape index (κ1) is 21.5. The second kappa shape index (κ2) is 10.0. The van der Waals surface area contributed by atoms with Crippen molar-refractivity contribution in [3.8, 4) is 0 Å².